The van der Waals surface area contributed by atoms with E-state index in [1.807, 2.05) is 0 Å². The van der Waals surface area contributed by atoms with E-state index >= 15 is 0 Å². The van der Waals surface area contributed by atoms with Crippen LogP contribution in [-0.4, -0.2) is 23.2 Å². The molecule has 1 aromatic rings. The van der Waals surface area contributed by atoms with Crippen molar-refractivity contribution in [3.63, 3.8) is 0 Å². The molecule has 26 heavy (non-hydrogen) atoms. The van der Waals surface area contributed by atoms with Crippen LogP contribution in [0.25, 0.3) is 0 Å². The van der Waals surface area contributed by atoms with Crippen molar-refractivity contribution in [2.24, 2.45) is 11.8 Å². The Morgan fingerprint density at radius 3 is 2.12 bits per heavy atom. The summed E-state index contributed by atoms with van der Waals surface area (Å²) in [6.45, 7) is 1.29. The largest absolute Gasteiger partial charge is 0.479 e. The lowest BCUT2D eigenvalue weighted by Gasteiger charge is -2.31. The number of carbonyl (C=O) groups excluding carboxylic acids is 1. The van der Waals surface area contributed by atoms with Crippen LogP contribution in [0.15, 0.2) is 24.3 Å². The van der Waals surface area contributed by atoms with Crippen LogP contribution in [0.5, 0.6) is 0 Å². The van der Waals surface area contributed by atoms with Crippen molar-refractivity contribution in [3.05, 3.63) is 35.6 Å². The Morgan fingerprint density at radius 1 is 1.12 bits per heavy atom. The Kier molecular flexibility index (Phi) is 5.93. The molecule has 1 fully saturated rings. The molecule has 0 aliphatic heterocycles. The van der Waals surface area contributed by atoms with E-state index < -0.39 is 35.3 Å². The van der Waals surface area contributed by atoms with Crippen molar-refractivity contribution in [1.29, 1.82) is 0 Å². The molecule has 1 saturated carbocycles. The smallest absolute Gasteiger partial charge is 0.391 e. The molecule has 0 aromatic heterocycles. The zero-order chi connectivity index (χ0) is 19.5. The van der Waals surface area contributed by atoms with E-state index in [1.165, 1.54) is 19.1 Å². The van der Waals surface area contributed by atoms with Crippen LogP contribution in [0.2, 0.25) is 0 Å². The number of alkyl halides is 3. The minimum Gasteiger partial charge on any atom is -0.479 e. The van der Waals surface area contributed by atoms with Crippen LogP contribution in [0.3, 0.4) is 0 Å². The molecule has 0 bridgehead atoms. The van der Waals surface area contributed by atoms with E-state index in [1.54, 1.807) is 0 Å². The summed E-state index contributed by atoms with van der Waals surface area (Å²) in [6.07, 6.45) is -3.73. The summed E-state index contributed by atoms with van der Waals surface area (Å²) in [5, 5.41) is 11.9. The molecule has 8 heteroatoms. The van der Waals surface area contributed by atoms with E-state index in [-0.39, 0.29) is 43.6 Å². The Balaban J connectivity index is 1.99. The normalized spacial score (nSPS) is 23.1. The maximum atomic E-state index is 13.0. The molecule has 0 radical (unpaired) electrons. The third kappa shape index (κ3) is 4.74. The molecule has 1 amide bonds. The van der Waals surface area contributed by atoms with Gasteiger partial charge in [0.05, 0.1) is 5.92 Å². The zero-order valence-electron chi connectivity index (χ0n) is 14.3. The van der Waals surface area contributed by atoms with Crippen molar-refractivity contribution in [3.8, 4) is 0 Å². The summed E-state index contributed by atoms with van der Waals surface area (Å²) >= 11 is 0. The van der Waals surface area contributed by atoms with Gasteiger partial charge in [0.2, 0.25) is 5.91 Å². The molecule has 1 aliphatic carbocycles. The predicted octanol–water partition coefficient (Wildman–Crippen LogP) is 4.00. The van der Waals surface area contributed by atoms with Gasteiger partial charge >= 0.3 is 12.1 Å². The van der Waals surface area contributed by atoms with Gasteiger partial charge in [0.1, 0.15) is 5.82 Å². The molecule has 4 nitrogen and oxygen atoms in total. The number of carboxylic acid groups (broad SMARTS) is 1. The highest BCUT2D eigenvalue weighted by molar-refractivity contribution is 5.87. The Labute approximate surface area is 148 Å². The molecule has 0 heterocycles. The summed E-state index contributed by atoms with van der Waals surface area (Å²) in [4.78, 5) is 23.9. The molecule has 0 saturated heterocycles. The van der Waals surface area contributed by atoms with Crippen molar-refractivity contribution >= 4 is 11.9 Å². The fourth-order valence-corrected chi connectivity index (χ4v) is 3.32. The van der Waals surface area contributed by atoms with E-state index in [9.17, 15) is 32.3 Å². The second-order valence-electron chi connectivity index (χ2n) is 6.95. The lowest BCUT2D eigenvalue weighted by molar-refractivity contribution is -0.184. The molecule has 0 spiro atoms. The maximum Gasteiger partial charge on any atom is 0.391 e. The minimum absolute atomic E-state index is 0.0182. The van der Waals surface area contributed by atoms with Crippen LogP contribution >= 0.6 is 0 Å². The van der Waals surface area contributed by atoms with Crippen LogP contribution < -0.4 is 5.32 Å². The number of nitrogens with one attached hydrogen (secondary N) is 1. The molecule has 2 N–H and O–H groups in total. The first kappa shape index (κ1) is 20.2. The fraction of sp³-hybridized carbons (Fsp3) is 0.556. The molecular weight excluding hydrogens is 354 g/mol. The first-order valence-electron chi connectivity index (χ1n) is 8.39. The number of carboxylic acids is 1. The van der Waals surface area contributed by atoms with Gasteiger partial charge in [-0.25, -0.2) is 9.18 Å². The van der Waals surface area contributed by atoms with E-state index in [4.69, 9.17) is 0 Å². The monoisotopic (exact) mass is 375 g/mol. The van der Waals surface area contributed by atoms with Crippen LogP contribution in [-0.2, 0) is 15.1 Å². The van der Waals surface area contributed by atoms with E-state index in [2.05, 4.69) is 5.32 Å². The average Bonchev–Trinajstić information content (AvgIpc) is 2.54. The highest BCUT2D eigenvalue weighted by Gasteiger charge is 2.42. The second-order valence-corrected chi connectivity index (χ2v) is 6.95. The lowest BCUT2D eigenvalue weighted by atomic mass is 9.80. The number of carbonyl (C=O) groups is 2. The third-order valence-electron chi connectivity index (χ3n) is 5.02. The van der Waals surface area contributed by atoms with E-state index in [0.29, 0.717) is 0 Å². The van der Waals surface area contributed by atoms with E-state index in [0.717, 1.165) is 12.1 Å². The summed E-state index contributed by atoms with van der Waals surface area (Å²) in [6, 6.07) is 4.75. The number of hydrogen-bond donors (Lipinski definition) is 2. The van der Waals surface area contributed by atoms with Crippen LogP contribution in [0, 0.1) is 17.7 Å². The number of benzene rings is 1. The standard InChI is InChI=1S/C18H21F4NO3/c1-17(16(25)26,12-6-8-14(19)9-7-12)23-15(24)10-11-2-4-13(5-3-11)18(20,21)22/h6-9,11,13H,2-5,10H2,1H3,(H,23,24)(H,25,26). The van der Waals surface area contributed by atoms with Crippen LogP contribution in [0.4, 0.5) is 17.6 Å². The molecule has 2 rings (SSSR count). The van der Waals surface area contributed by atoms with Crippen molar-refractivity contribution in [2.75, 3.05) is 0 Å². The molecule has 1 atom stereocenters. The van der Waals surface area contributed by atoms with Gasteiger partial charge in [-0.2, -0.15) is 13.2 Å². The van der Waals surface area contributed by atoms with Crippen molar-refractivity contribution in [1.82, 2.24) is 5.32 Å². The van der Waals surface area contributed by atoms with Gasteiger partial charge in [-0.05, 0) is 56.2 Å². The third-order valence-corrected chi connectivity index (χ3v) is 5.02. The van der Waals surface area contributed by atoms with Crippen molar-refractivity contribution < 1.29 is 32.3 Å². The summed E-state index contributed by atoms with van der Waals surface area (Å²) in [5.41, 5.74) is -1.53. The molecule has 1 aliphatic rings. The molecule has 144 valence electrons. The second kappa shape index (κ2) is 7.63. The first-order chi connectivity index (χ1) is 12.0. The molecule has 1 aromatic carbocycles. The van der Waals surface area contributed by atoms with Gasteiger partial charge in [-0.3, -0.25) is 4.79 Å². The van der Waals surface area contributed by atoms with Gasteiger partial charge in [0.15, 0.2) is 5.54 Å². The predicted molar refractivity (Wildman–Crippen MR) is 85.7 cm³/mol. The minimum atomic E-state index is -4.21. The highest BCUT2D eigenvalue weighted by Crippen LogP contribution is 2.40. The number of aliphatic carboxylic acids is 1. The summed E-state index contributed by atoms with van der Waals surface area (Å²) in [7, 11) is 0. The lowest BCUT2D eigenvalue weighted by Crippen LogP contribution is -2.50. The Hall–Kier alpha value is -2.12. The SMILES string of the molecule is CC(NC(=O)CC1CCC(C(F)(F)F)CC1)(C(=O)O)c1ccc(F)cc1. The highest BCUT2D eigenvalue weighted by atomic mass is 19.4. The summed E-state index contributed by atoms with van der Waals surface area (Å²) in [5.74, 6) is -3.92. The zero-order valence-corrected chi connectivity index (χ0v) is 14.3. The Morgan fingerprint density at radius 2 is 1.65 bits per heavy atom. The fourth-order valence-electron chi connectivity index (χ4n) is 3.32. The number of amides is 1. The average molecular weight is 375 g/mol. The Bertz CT molecular complexity index is 651. The number of halogens is 4. The van der Waals surface area contributed by atoms with Gasteiger partial charge in [0.25, 0.3) is 0 Å². The maximum absolute atomic E-state index is 13.0. The van der Waals surface area contributed by atoms with Gasteiger partial charge in [-0.1, -0.05) is 12.1 Å². The number of hydrogen-bond acceptors (Lipinski definition) is 2. The molecule has 1 unspecified atom stereocenters. The number of rotatable bonds is 5. The topological polar surface area (TPSA) is 66.4 Å². The van der Waals surface area contributed by atoms with Gasteiger partial charge in [-0.15, -0.1) is 0 Å². The van der Waals surface area contributed by atoms with Gasteiger partial charge < -0.3 is 10.4 Å². The first-order valence-corrected chi connectivity index (χ1v) is 8.39. The quantitative estimate of drug-likeness (QED) is 0.765. The van der Waals surface area contributed by atoms with Crippen molar-refractivity contribution in [2.45, 2.75) is 50.7 Å². The molecular formula is C18H21F4NO3. The summed E-state index contributed by atoms with van der Waals surface area (Å²) < 4.78 is 51.1. The van der Waals surface area contributed by atoms with Crippen LogP contribution in [0.1, 0.15) is 44.6 Å². The van der Waals surface area contributed by atoms with Gasteiger partial charge in [0, 0.05) is 6.42 Å².